The normalized spacial score (nSPS) is 30.8. The van der Waals surface area contributed by atoms with Crippen molar-refractivity contribution in [2.24, 2.45) is 0 Å². The van der Waals surface area contributed by atoms with E-state index in [9.17, 15) is 4.79 Å². The van der Waals surface area contributed by atoms with Gasteiger partial charge in [-0.1, -0.05) is 6.92 Å². The largest absolute Gasteiger partial charge is 0.349 e. The summed E-state index contributed by atoms with van der Waals surface area (Å²) >= 11 is 0. The fourth-order valence-corrected chi connectivity index (χ4v) is 3.39. The molecule has 4 nitrogen and oxygen atoms in total. The molecule has 2 fully saturated rings. The summed E-state index contributed by atoms with van der Waals surface area (Å²) in [5.41, 5.74) is 0. The molecular weight excluding hydrogens is 226 g/mol. The van der Waals surface area contributed by atoms with Crippen molar-refractivity contribution in [3.63, 3.8) is 0 Å². The monoisotopic (exact) mass is 253 g/mol. The first kappa shape index (κ1) is 13.8. The number of carbonyl (C=O) groups excluding carboxylic acids is 1. The Labute approximate surface area is 111 Å². The average Bonchev–Trinajstić information content (AvgIpc) is 2.69. The van der Waals surface area contributed by atoms with Crippen LogP contribution in [-0.4, -0.2) is 61.0 Å². The molecule has 0 aromatic rings. The molecule has 0 saturated carbocycles. The maximum Gasteiger partial charge on any atom is 0.223 e. The van der Waals surface area contributed by atoms with Crippen molar-refractivity contribution in [3.8, 4) is 0 Å². The van der Waals surface area contributed by atoms with Gasteiger partial charge in [0, 0.05) is 45.2 Å². The summed E-state index contributed by atoms with van der Waals surface area (Å²) in [5, 5.41) is 3.68. The number of nitrogens with zero attached hydrogens (tertiary/aromatic N) is 2. The number of amides is 1. The summed E-state index contributed by atoms with van der Waals surface area (Å²) in [4.78, 5) is 15.9. The van der Waals surface area contributed by atoms with Crippen molar-refractivity contribution in [3.05, 3.63) is 0 Å². The lowest BCUT2D eigenvalue weighted by Crippen LogP contribution is -2.48. The lowest BCUT2D eigenvalue weighted by Gasteiger charge is -2.37. The highest BCUT2D eigenvalue weighted by Crippen LogP contribution is 2.29. The smallest absolute Gasteiger partial charge is 0.223 e. The van der Waals surface area contributed by atoms with Crippen molar-refractivity contribution in [2.45, 2.75) is 57.2 Å². The van der Waals surface area contributed by atoms with Gasteiger partial charge in [-0.25, -0.2) is 0 Å². The Morgan fingerprint density at radius 1 is 1.22 bits per heavy atom. The predicted octanol–water partition coefficient (Wildman–Crippen LogP) is 1.07. The fourth-order valence-electron chi connectivity index (χ4n) is 3.39. The Bertz CT molecular complexity index is 281. The summed E-state index contributed by atoms with van der Waals surface area (Å²) in [5.74, 6) is 0.241. The Hall–Kier alpha value is -0.610. The van der Waals surface area contributed by atoms with Crippen LogP contribution in [-0.2, 0) is 4.79 Å². The van der Waals surface area contributed by atoms with Gasteiger partial charge >= 0.3 is 0 Å². The highest BCUT2D eigenvalue weighted by atomic mass is 16.2. The lowest BCUT2D eigenvalue weighted by atomic mass is 9.98. The summed E-state index contributed by atoms with van der Waals surface area (Å²) in [6.45, 7) is 4.19. The van der Waals surface area contributed by atoms with E-state index in [2.05, 4.69) is 17.1 Å². The van der Waals surface area contributed by atoms with Gasteiger partial charge in [-0.15, -0.1) is 0 Å². The minimum absolute atomic E-state index is 0.241. The number of piperidine rings is 1. The van der Waals surface area contributed by atoms with Crippen molar-refractivity contribution >= 4 is 5.91 Å². The van der Waals surface area contributed by atoms with Crippen LogP contribution in [0.15, 0.2) is 0 Å². The molecule has 0 radical (unpaired) electrons. The van der Waals surface area contributed by atoms with Crippen molar-refractivity contribution < 1.29 is 4.79 Å². The van der Waals surface area contributed by atoms with E-state index in [1.807, 2.05) is 14.1 Å². The molecule has 2 unspecified atom stereocenters. The molecule has 0 aromatic carbocycles. The summed E-state index contributed by atoms with van der Waals surface area (Å²) in [7, 11) is 3.67. The first-order valence-electron chi connectivity index (χ1n) is 7.30. The van der Waals surface area contributed by atoms with Crippen LogP contribution in [0.4, 0.5) is 0 Å². The van der Waals surface area contributed by atoms with Crippen molar-refractivity contribution in [2.75, 3.05) is 27.2 Å². The molecule has 2 bridgehead atoms. The molecule has 2 heterocycles. The van der Waals surface area contributed by atoms with Crippen LogP contribution < -0.4 is 5.32 Å². The van der Waals surface area contributed by atoms with Gasteiger partial charge in [-0.3, -0.25) is 4.79 Å². The fraction of sp³-hybridized carbons (Fsp3) is 0.929. The highest BCUT2D eigenvalue weighted by Gasteiger charge is 2.35. The molecule has 18 heavy (non-hydrogen) atoms. The van der Waals surface area contributed by atoms with Crippen molar-refractivity contribution in [1.29, 1.82) is 0 Å². The maximum atomic E-state index is 11.7. The number of carbonyl (C=O) groups is 1. The third kappa shape index (κ3) is 3.23. The van der Waals surface area contributed by atoms with Gasteiger partial charge in [0.25, 0.3) is 0 Å². The van der Waals surface area contributed by atoms with Crippen LogP contribution in [0.25, 0.3) is 0 Å². The molecular formula is C14H27N3O. The molecule has 0 spiro atoms. The van der Waals surface area contributed by atoms with E-state index >= 15 is 0 Å². The zero-order valence-corrected chi connectivity index (χ0v) is 12.0. The Kier molecular flexibility index (Phi) is 4.62. The zero-order valence-electron chi connectivity index (χ0n) is 12.0. The number of nitrogens with one attached hydrogen (secondary N) is 1. The molecule has 2 aliphatic rings. The number of fused-ring (bicyclic) bond motifs is 2. The number of hydrogen-bond acceptors (Lipinski definition) is 3. The Morgan fingerprint density at radius 3 is 2.33 bits per heavy atom. The van der Waals surface area contributed by atoms with Crippen LogP contribution in [0, 0.1) is 0 Å². The average molecular weight is 253 g/mol. The molecule has 0 aromatic heterocycles. The topological polar surface area (TPSA) is 35.6 Å². The molecule has 1 amide bonds. The molecule has 4 heteroatoms. The molecule has 0 aliphatic carbocycles. The van der Waals surface area contributed by atoms with Gasteiger partial charge in [0.2, 0.25) is 5.91 Å². The summed E-state index contributed by atoms with van der Waals surface area (Å²) in [6.07, 6.45) is 5.87. The van der Waals surface area contributed by atoms with Gasteiger partial charge in [0.15, 0.2) is 0 Å². The van der Waals surface area contributed by atoms with Gasteiger partial charge in [-0.05, 0) is 32.2 Å². The Balaban J connectivity index is 1.83. The van der Waals surface area contributed by atoms with Gasteiger partial charge < -0.3 is 15.1 Å². The minimum Gasteiger partial charge on any atom is -0.349 e. The van der Waals surface area contributed by atoms with E-state index in [0.717, 1.165) is 25.2 Å². The third-order valence-corrected chi connectivity index (χ3v) is 4.48. The van der Waals surface area contributed by atoms with Gasteiger partial charge in [0.1, 0.15) is 0 Å². The predicted molar refractivity (Wildman–Crippen MR) is 73.5 cm³/mol. The van der Waals surface area contributed by atoms with E-state index in [1.54, 1.807) is 4.90 Å². The first-order valence-corrected chi connectivity index (χ1v) is 7.30. The van der Waals surface area contributed by atoms with Crippen LogP contribution in [0.3, 0.4) is 0 Å². The van der Waals surface area contributed by atoms with E-state index < -0.39 is 0 Å². The first-order chi connectivity index (χ1) is 8.60. The second kappa shape index (κ2) is 6.02. The Morgan fingerprint density at radius 2 is 1.83 bits per heavy atom. The van der Waals surface area contributed by atoms with Crippen LogP contribution in [0.1, 0.15) is 39.0 Å². The van der Waals surface area contributed by atoms with E-state index in [4.69, 9.17) is 0 Å². The van der Waals surface area contributed by atoms with Gasteiger partial charge in [0.05, 0.1) is 0 Å². The van der Waals surface area contributed by atoms with E-state index in [-0.39, 0.29) is 5.91 Å². The lowest BCUT2D eigenvalue weighted by molar-refractivity contribution is -0.129. The molecule has 104 valence electrons. The number of rotatable bonds is 5. The van der Waals surface area contributed by atoms with Crippen molar-refractivity contribution in [1.82, 2.24) is 15.1 Å². The maximum absolute atomic E-state index is 11.7. The SMILES string of the molecule is CCN(CCC(=O)N(C)C)C1CC2CCC(C1)N2. The molecule has 2 rings (SSSR count). The summed E-state index contributed by atoms with van der Waals surface area (Å²) in [6, 6.07) is 2.14. The van der Waals surface area contributed by atoms with Crippen LogP contribution in [0.5, 0.6) is 0 Å². The van der Waals surface area contributed by atoms with Crippen LogP contribution >= 0.6 is 0 Å². The molecule has 1 N–H and O–H groups in total. The highest BCUT2D eigenvalue weighted by molar-refractivity contribution is 5.75. The third-order valence-electron chi connectivity index (χ3n) is 4.48. The van der Waals surface area contributed by atoms with E-state index in [0.29, 0.717) is 12.5 Å². The van der Waals surface area contributed by atoms with E-state index in [1.165, 1.54) is 25.7 Å². The standard InChI is InChI=1S/C14H27N3O/c1-4-17(8-7-14(18)16(2)3)13-9-11-5-6-12(10-13)15-11/h11-13,15H,4-10H2,1-3H3. The second-order valence-corrected chi connectivity index (χ2v) is 5.93. The van der Waals surface area contributed by atoms with Gasteiger partial charge in [-0.2, -0.15) is 0 Å². The molecule has 2 atom stereocenters. The second-order valence-electron chi connectivity index (χ2n) is 5.93. The molecule has 2 saturated heterocycles. The summed E-state index contributed by atoms with van der Waals surface area (Å²) < 4.78 is 0. The molecule has 2 aliphatic heterocycles. The van der Waals surface area contributed by atoms with Crippen LogP contribution in [0.2, 0.25) is 0 Å². The quantitative estimate of drug-likeness (QED) is 0.796. The minimum atomic E-state index is 0.241. The number of hydrogen-bond donors (Lipinski definition) is 1. The zero-order chi connectivity index (χ0) is 13.1.